The van der Waals surface area contributed by atoms with E-state index in [1.54, 1.807) is 0 Å². The fraction of sp³-hybridized carbons (Fsp3) is 0. The minimum atomic E-state index is -0.537. The van der Waals surface area contributed by atoms with Gasteiger partial charge in [-0.05, 0) is 36.4 Å². The van der Waals surface area contributed by atoms with Crippen molar-refractivity contribution in [3.8, 4) is 0 Å². The van der Waals surface area contributed by atoms with Crippen LogP contribution >= 0.6 is 27.5 Å². The lowest BCUT2D eigenvalue weighted by Gasteiger charge is -2.07. The number of rotatable bonds is 2. The number of nitrogens with one attached hydrogen (secondary N) is 1. The molecular formula is C13H7BrClF2NO. The van der Waals surface area contributed by atoms with Crippen molar-refractivity contribution in [1.29, 1.82) is 0 Å². The van der Waals surface area contributed by atoms with Gasteiger partial charge in [0.15, 0.2) is 0 Å². The van der Waals surface area contributed by atoms with Crippen molar-refractivity contribution in [1.82, 2.24) is 0 Å². The van der Waals surface area contributed by atoms with Gasteiger partial charge in [-0.25, -0.2) is 8.78 Å². The summed E-state index contributed by atoms with van der Waals surface area (Å²) in [5, 5.41) is 2.56. The molecule has 0 aromatic heterocycles. The van der Waals surface area contributed by atoms with Gasteiger partial charge in [-0.15, -0.1) is 0 Å². The molecule has 0 heterocycles. The van der Waals surface area contributed by atoms with Crippen LogP contribution in [-0.4, -0.2) is 5.91 Å². The summed E-state index contributed by atoms with van der Waals surface area (Å²) < 4.78 is 26.5. The molecule has 1 N–H and O–H groups in total. The maximum absolute atomic E-state index is 13.2. The molecule has 1 amide bonds. The van der Waals surface area contributed by atoms with E-state index in [4.69, 9.17) is 11.6 Å². The highest BCUT2D eigenvalue weighted by atomic mass is 79.9. The van der Waals surface area contributed by atoms with Gasteiger partial charge in [-0.1, -0.05) is 27.5 Å². The predicted octanol–water partition coefficient (Wildman–Crippen LogP) is 4.63. The van der Waals surface area contributed by atoms with Crippen molar-refractivity contribution in [3.63, 3.8) is 0 Å². The number of hydrogen-bond donors (Lipinski definition) is 1. The van der Waals surface area contributed by atoms with Crippen molar-refractivity contribution < 1.29 is 13.6 Å². The van der Waals surface area contributed by atoms with Gasteiger partial charge in [0.25, 0.3) is 5.91 Å². The monoisotopic (exact) mass is 345 g/mol. The zero-order chi connectivity index (χ0) is 14.0. The first-order valence-corrected chi connectivity index (χ1v) is 6.35. The van der Waals surface area contributed by atoms with Gasteiger partial charge in [0, 0.05) is 10.0 Å². The van der Waals surface area contributed by atoms with E-state index in [1.165, 1.54) is 24.3 Å². The van der Waals surface area contributed by atoms with E-state index in [2.05, 4.69) is 21.2 Å². The Balaban J connectivity index is 2.25. The maximum Gasteiger partial charge on any atom is 0.255 e. The molecule has 0 radical (unpaired) electrons. The highest BCUT2D eigenvalue weighted by Gasteiger charge is 2.11. The van der Waals surface area contributed by atoms with Gasteiger partial charge in [0.2, 0.25) is 0 Å². The number of halogens is 4. The third-order valence-corrected chi connectivity index (χ3v) is 3.07. The Kier molecular flexibility index (Phi) is 4.17. The van der Waals surface area contributed by atoms with E-state index in [9.17, 15) is 13.6 Å². The Morgan fingerprint density at radius 2 is 1.84 bits per heavy atom. The summed E-state index contributed by atoms with van der Waals surface area (Å²) in [4.78, 5) is 11.9. The average Bonchev–Trinajstić information content (AvgIpc) is 2.31. The second kappa shape index (κ2) is 5.67. The SMILES string of the molecule is O=C(Nc1ccc(F)cc1Cl)c1cc(F)cc(Br)c1. The molecule has 0 fully saturated rings. The van der Waals surface area contributed by atoms with E-state index in [-0.39, 0.29) is 16.3 Å². The molecule has 98 valence electrons. The first kappa shape index (κ1) is 14.0. The molecule has 0 aliphatic carbocycles. The van der Waals surface area contributed by atoms with Crippen LogP contribution in [0.1, 0.15) is 10.4 Å². The molecule has 0 bridgehead atoms. The molecule has 2 rings (SSSR count). The Labute approximate surface area is 121 Å². The Morgan fingerprint density at radius 1 is 1.11 bits per heavy atom. The lowest BCUT2D eigenvalue weighted by molar-refractivity contribution is 0.102. The van der Waals surface area contributed by atoms with Crippen molar-refractivity contribution >= 4 is 39.1 Å². The molecule has 0 aliphatic rings. The summed E-state index contributed by atoms with van der Waals surface area (Å²) in [7, 11) is 0. The van der Waals surface area contributed by atoms with E-state index in [1.807, 2.05) is 0 Å². The summed E-state index contributed by atoms with van der Waals surface area (Å²) in [5.74, 6) is -1.57. The fourth-order valence-corrected chi connectivity index (χ4v) is 2.15. The molecule has 0 spiro atoms. The molecule has 2 aromatic carbocycles. The smallest absolute Gasteiger partial charge is 0.255 e. The first-order valence-electron chi connectivity index (χ1n) is 5.18. The molecule has 2 nitrogen and oxygen atoms in total. The zero-order valence-corrected chi connectivity index (χ0v) is 11.7. The van der Waals surface area contributed by atoms with Crippen molar-refractivity contribution in [2.75, 3.05) is 5.32 Å². The minimum absolute atomic E-state index is 0.0730. The van der Waals surface area contributed by atoms with Gasteiger partial charge in [0.1, 0.15) is 11.6 Å². The standard InChI is InChI=1S/C13H7BrClF2NO/c14-8-3-7(4-10(17)5-8)13(19)18-12-2-1-9(16)6-11(12)15/h1-6H,(H,18,19). The Bertz CT molecular complexity index is 628. The van der Waals surface area contributed by atoms with Crippen molar-refractivity contribution in [3.05, 3.63) is 63.1 Å². The first-order chi connectivity index (χ1) is 8.95. The zero-order valence-electron chi connectivity index (χ0n) is 9.38. The number of hydrogen-bond acceptors (Lipinski definition) is 1. The highest BCUT2D eigenvalue weighted by Crippen LogP contribution is 2.23. The molecule has 2 aromatic rings. The molecule has 6 heteroatoms. The number of benzene rings is 2. The molecule has 0 saturated heterocycles. The number of anilines is 1. The van der Waals surface area contributed by atoms with Crippen molar-refractivity contribution in [2.24, 2.45) is 0 Å². The van der Waals surface area contributed by atoms with Crippen LogP contribution in [0.25, 0.3) is 0 Å². The highest BCUT2D eigenvalue weighted by molar-refractivity contribution is 9.10. The second-order valence-corrected chi connectivity index (χ2v) is 5.06. The van der Waals surface area contributed by atoms with E-state index < -0.39 is 17.5 Å². The van der Waals surface area contributed by atoms with Crippen LogP contribution in [0, 0.1) is 11.6 Å². The number of amides is 1. The van der Waals surface area contributed by atoms with Crippen LogP contribution < -0.4 is 5.32 Å². The van der Waals surface area contributed by atoms with Gasteiger partial charge in [-0.3, -0.25) is 4.79 Å². The van der Waals surface area contributed by atoms with Crippen LogP contribution in [0.4, 0.5) is 14.5 Å². The summed E-state index contributed by atoms with van der Waals surface area (Å²) in [5.41, 5.74) is 0.390. The van der Waals surface area contributed by atoms with E-state index >= 15 is 0 Å². The van der Waals surface area contributed by atoms with Crippen LogP contribution in [0.5, 0.6) is 0 Å². The quantitative estimate of drug-likeness (QED) is 0.844. The molecular weight excluding hydrogens is 340 g/mol. The Hall–Kier alpha value is -1.46. The summed E-state index contributed by atoms with van der Waals surface area (Å²) in [6.45, 7) is 0. The lowest BCUT2D eigenvalue weighted by Crippen LogP contribution is -2.12. The van der Waals surface area contributed by atoms with Crippen LogP contribution in [-0.2, 0) is 0 Å². The summed E-state index contributed by atoms with van der Waals surface area (Å²) >= 11 is 8.88. The van der Waals surface area contributed by atoms with Gasteiger partial charge >= 0.3 is 0 Å². The minimum Gasteiger partial charge on any atom is -0.321 e. The molecule has 0 aliphatic heterocycles. The second-order valence-electron chi connectivity index (χ2n) is 3.74. The average molecular weight is 347 g/mol. The van der Waals surface area contributed by atoms with Crippen LogP contribution in [0.15, 0.2) is 40.9 Å². The lowest BCUT2D eigenvalue weighted by atomic mass is 10.2. The largest absolute Gasteiger partial charge is 0.321 e. The molecule has 19 heavy (non-hydrogen) atoms. The van der Waals surface area contributed by atoms with Gasteiger partial charge in [0.05, 0.1) is 10.7 Å². The third kappa shape index (κ3) is 3.52. The topological polar surface area (TPSA) is 29.1 Å². The van der Waals surface area contributed by atoms with Gasteiger partial charge in [-0.2, -0.15) is 0 Å². The molecule has 0 unspecified atom stereocenters. The Morgan fingerprint density at radius 3 is 2.47 bits per heavy atom. The maximum atomic E-state index is 13.2. The predicted molar refractivity (Wildman–Crippen MR) is 73.5 cm³/mol. The van der Waals surface area contributed by atoms with E-state index in [0.29, 0.717) is 4.47 Å². The number of carbonyl (C=O) groups is 1. The summed E-state index contributed by atoms with van der Waals surface area (Å²) in [6, 6.07) is 7.39. The number of carbonyl (C=O) groups excluding carboxylic acids is 1. The molecule has 0 saturated carbocycles. The van der Waals surface area contributed by atoms with Crippen LogP contribution in [0.2, 0.25) is 5.02 Å². The fourth-order valence-electron chi connectivity index (χ4n) is 1.47. The molecule has 0 atom stereocenters. The van der Waals surface area contributed by atoms with Crippen LogP contribution in [0.3, 0.4) is 0 Å². The summed E-state index contributed by atoms with van der Waals surface area (Å²) in [6.07, 6.45) is 0. The van der Waals surface area contributed by atoms with Crippen molar-refractivity contribution in [2.45, 2.75) is 0 Å². The third-order valence-electron chi connectivity index (χ3n) is 2.30. The van der Waals surface area contributed by atoms with Gasteiger partial charge < -0.3 is 5.32 Å². The normalized spacial score (nSPS) is 10.3. The van der Waals surface area contributed by atoms with E-state index in [0.717, 1.165) is 12.1 Å².